The Morgan fingerprint density at radius 2 is 2.04 bits per heavy atom. The molecule has 0 spiro atoms. The van der Waals surface area contributed by atoms with Crippen molar-refractivity contribution in [3.05, 3.63) is 35.9 Å². The van der Waals surface area contributed by atoms with E-state index in [1.165, 1.54) is 0 Å². The van der Waals surface area contributed by atoms with E-state index < -0.39 is 23.9 Å². The van der Waals surface area contributed by atoms with Crippen LogP contribution in [0.2, 0.25) is 0 Å². The SMILES string of the molecule is C[C@H](C(=O)N1CCC[C@H]1C(=O)N[C@H](C#N)CC(N)=O)c1ccccc1. The van der Waals surface area contributed by atoms with E-state index in [0.29, 0.717) is 13.0 Å². The summed E-state index contributed by atoms with van der Waals surface area (Å²) in [6, 6.07) is 9.63. The van der Waals surface area contributed by atoms with Crippen molar-refractivity contribution < 1.29 is 14.4 Å². The lowest BCUT2D eigenvalue weighted by Gasteiger charge is -2.27. The summed E-state index contributed by atoms with van der Waals surface area (Å²) in [5, 5.41) is 11.5. The van der Waals surface area contributed by atoms with Crippen LogP contribution in [0.1, 0.15) is 37.7 Å². The van der Waals surface area contributed by atoms with Gasteiger partial charge in [-0.15, -0.1) is 0 Å². The molecule has 1 heterocycles. The lowest BCUT2D eigenvalue weighted by Crippen LogP contribution is -2.50. The molecule has 2 rings (SSSR count). The Labute approximate surface area is 146 Å². The average Bonchev–Trinajstić information content (AvgIpc) is 3.10. The van der Waals surface area contributed by atoms with Gasteiger partial charge in [0.05, 0.1) is 18.4 Å². The van der Waals surface area contributed by atoms with E-state index >= 15 is 0 Å². The predicted molar refractivity (Wildman–Crippen MR) is 90.9 cm³/mol. The van der Waals surface area contributed by atoms with Crippen molar-refractivity contribution in [2.24, 2.45) is 5.73 Å². The minimum absolute atomic E-state index is 0.118. The molecule has 3 amide bonds. The summed E-state index contributed by atoms with van der Waals surface area (Å²) in [7, 11) is 0. The van der Waals surface area contributed by atoms with E-state index in [1.807, 2.05) is 43.3 Å². The van der Waals surface area contributed by atoms with Crippen molar-refractivity contribution in [2.75, 3.05) is 6.54 Å². The molecule has 7 nitrogen and oxygen atoms in total. The molecule has 0 radical (unpaired) electrons. The quantitative estimate of drug-likeness (QED) is 0.790. The van der Waals surface area contributed by atoms with Crippen LogP contribution in [-0.4, -0.2) is 41.2 Å². The van der Waals surface area contributed by atoms with E-state index in [1.54, 1.807) is 4.90 Å². The molecule has 0 aliphatic carbocycles. The van der Waals surface area contributed by atoms with Crippen molar-refractivity contribution in [2.45, 2.75) is 44.2 Å². The number of nitrogens with one attached hydrogen (secondary N) is 1. The molecule has 1 aliphatic rings. The van der Waals surface area contributed by atoms with E-state index in [2.05, 4.69) is 5.32 Å². The average molecular weight is 342 g/mol. The van der Waals surface area contributed by atoms with Crippen molar-refractivity contribution in [1.82, 2.24) is 10.2 Å². The number of nitriles is 1. The zero-order valence-corrected chi connectivity index (χ0v) is 14.1. The van der Waals surface area contributed by atoms with Gasteiger partial charge in [-0.3, -0.25) is 14.4 Å². The Kier molecular flexibility index (Phi) is 6.12. The number of amides is 3. The fourth-order valence-electron chi connectivity index (χ4n) is 3.03. The van der Waals surface area contributed by atoms with Crippen LogP contribution in [0, 0.1) is 11.3 Å². The van der Waals surface area contributed by atoms with Gasteiger partial charge in [0, 0.05) is 6.54 Å². The highest BCUT2D eigenvalue weighted by Gasteiger charge is 2.36. The molecule has 1 aromatic carbocycles. The number of nitrogens with zero attached hydrogens (tertiary/aromatic N) is 2. The Morgan fingerprint density at radius 1 is 1.36 bits per heavy atom. The zero-order valence-electron chi connectivity index (χ0n) is 14.1. The number of carbonyl (C=O) groups excluding carboxylic acids is 3. The van der Waals surface area contributed by atoms with E-state index in [9.17, 15) is 14.4 Å². The molecule has 3 N–H and O–H groups in total. The van der Waals surface area contributed by atoms with Gasteiger partial charge < -0.3 is 16.0 Å². The maximum atomic E-state index is 12.8. The van der Waals surface area contributed by atoms with Gasteiger partial charge in [-0.1, -0.05) is 30.3 Å². The second-order valence-electron chi connectivity index (χ2n) is 6.18. The molecule has 3 atom stereocenters. The molecule has 1 saturated heterocycles. The predicted octanol–water partition coefficient (Wildman–Crippen LogP) is 0.665. The maximum absolute atomic E-state index is 12.8. The topological polar surface area (TPSA) is 116 Å². The van der Waals surface area contributed by atoms with Gasteiger partial charge in [-0.25, -0.2) is 0 Å². The van der Waals surface area contributed by atoms with Gasteiger partial charge in [0.25, 0.3) is 0 Å². The van der Waals surface area contributed by atoms with Crippen molar-refractivity contribution >= 4 is 17.7 Å². The summed E-state index contributed by atoms with van der Waals surface area (Å²) in [4.78, 5) is 37.8. The summed E-state index contributed by atoms with van der Waals surface area (Å²) >= 11 is 0. The monoisotopic (exact) mass is 342 g/mol. The van der Waals surface area contributed by atoms with Crippen LogP contribution >= 0.6 is 0 Å². The van der Waals surface area contributed by atoms with Gasteiger partial charge >= 0.3 is 0 Å². The Morgan fingerprint density at radius 3 is 2.64 bits per heavy atom. The Bertz CT molecular complexity index is 683. The third-order valence-electron chi connectivity index (χ3n) is 4.39. The number of rotatable bonds is 6. The maximum Gasteiger partial charge on any atom is 0.243 e. The fourth-order valence-corrected chi connectivity index (χ4v) is 3.03. The standard InChI is InChI=1S/C18H22N4O3/c1-12(13-6-3-2-4-7-13)18(25)22-9-5-8-15(22)17(24)21-14(11-19)10-16(20)23/h2-4,6-7,12,14-15H,5,8-10H2,1H3,(H2,20,23)(H,21,24)/t12-,14-,15-/m0/s1. The third-order valence-corrected chi connectivity index (χ3v) is 4.39. The van der Waals surface area contributed by atoms with Crippen LogP contribution in [-0.2, 0) is 14.4 Å². The summed E-state index contributed by atoms with van der Waals surface area (Å²) in [6.07, 6.45) is 1.01. The molecule has 132 valence electrons. The van der Waals surface area contributed by atoms with Crippen molar-refractivity contribution in [1.29, 1.82) is 5.26 Å². The molecular weight excluding hydrogens is 320 g/mol. The lowest BCUT2D eigenvalue weighted by molar-refractivity contribution is -0.139. The molecule has 0 saturated carbocycles. The van der Waals surface area contributed by atoms with Crippen LogP contribution in [0.5, 0.6) is 0 Å². The van der Waals surface area contributed by atoms with Gasteiger partial charge in [0.2, 0.25) is 17.7 Å². The van der Waals surface area contributed by atoms with Gasteiger partial charge in [-0.2, -0.15) is 5.26 Å². The number of hydrogen-bond donors (Lipinski definition) is 2. The number of carbonyl (C=O) groups is 3. The second-order valence-corrected chi connectivity index (χ2v) is 6.18. The molecular formula is C18H22N4O3. The molecule has 0 aromatic heterocycles. The van der Waals surface area contributed by atoms with Crippen molar-refractivity contribution in [3.8, 4) is 6.07 Å². The van der Waals surface area contributed by atoms with Crippen LogP contribution in [0.25, 0.3) is 0 Å². The van der Waals surface area contributed by atoms with Gasteiger partial charge in [0.15, 0.2) is 0 Å². The first kappa shape index (κ1) is 18.5. The first-order valence-corrected chi connectivity index (χ1v) is 8.27. The van der Waals surface area contributed by atoms with Gasteiger partial charge in [0.1, 0.15) is 12.1 Å². The summed E-state index contributed by atoms with van der Waals surface area (Å²) in [5.74, 6) is -1.55. The first-order valence-electron chi connectivity index (χ1n) is 8.27. The van der Waals surface area contributed by atoms with Gasteiger partial charge in [-0.05, 0) is 25.3 Å². The highest BCUT2D eigenvalue weighted by Crippen LogP contribution is 2.24. The first-order chi connectivity index (χ1) is 11.9. The highest BCUT2D eigenvalue weighted by molar-refractivity contribution is 5.91. The molecule has 7 heteroatoms. The number of primary amides is 1. The van der Waals surface area contributed by atoms with Crippen LogP contribution in [0.4, 0.5) is 0 Å². The molecule has 1 fully saturated rings. The normalized spacial score (nSPS) is 18.9. The minimum atomic E-state index is -0.978. The second kappa shape index (κ2) is 8.29. The van der Waals surface area contributed by atoms with Crippen LogP contribution < -0.4 is 11.1 Å². The Hall–Kier alpha value is -2.88. The molecule has 1 aromatic rings. The Balaban J connectivity index is 2.06. The third kappa shape index (κ3) is 4.57. The fraction of sp³-hybridized carbons (Fsp3) is 0.444. The molecule has 1 aliphatic heterocycles. The van der Waals surface area contributed by atoms with E-state index in [-0.39, 0.29) is 18.2 Å². The van der Waals surface area contributed by atoms with E-state index in [4.69, 9.17) is 11.0 Å². The lowest BCUT2D eigenvalue weighted by atomic mass is 9.99. The summed E-state index contributed by atoms with van der Waals surface area (Å²) < 4.78 is 0. The van der Waals surface area contributed by atoms with Crippen molar-refractivity contribution in [3.63, 3.8) is 0 Å². The summed E-state index contributed by atoms with van der Waals surface area (Å²) in [5.41, 5.74) is 5.96. The van der Waals surface area contributed by atoms with Crippen LogP contribution in [0.3, 0.4) is 0 Å². The summed E-state index contributed by atoms with van der Waals surface area (Å²) in [6.45, 7) is 2.32. The highest BCUT2D eigenvalue weighted by atomic mass is 16.2. The molecule has 0 bridgehead atoms. The minimum Gasteiger partial charge on any atom is -0.370 e. The number of hydrogen-bond acceptors (Lipinski definition) is 4. The zero-order chi connectivity index (χ0) is 18.4. The van der Waals surface area contributed by atoms with E-state index in [0.717, 1.165) is 12.0 Å². The number of likely N-dealkylation sites (tertiary alicyclic amines) is 1. The number of nitrogens with two attached hydrogens (primary N) is 1. The molecule has 0 unspecified atom stereocenters. The number of benzene rings is 1. The molecule has 25 heavy (non-hydrogen) atoms. The van der Waals surface area contributed by atoms with Crippen LogP contribution in [0.15, 0.2) is 30.3 Å². The smallest absolute Gasteiger partial charge is 0.243 e. The largest absolute Gasteiger partial charge is 0.370 e.